The summed E-state index contributed by atoms with van der Waals surface area (Å²) < 4.78 is 15.4. The van der Waals surface area contributed by atoms with E-state index in [1.54, 1.807) is 14.0 Å². The molecule has 1 aromatic carbocycles. The van der Waals surface area contributed by atoms with E-state index in [4.69, 9.17) is 14.2 Å². The Balaban J connectivity index is 2.68. The van der Waals surface area contributed by atoms with Crippen LogP contribution in [0.4, 0.5) is 0 Å². The number of hydrogen-bond donors (Lipinski definition) is 0. The maximum Gasteiger partial charge on any atom is 0.339 e. The third-order valence-corrected chi connectivity index (χ3v) is 2.17. The van der Waals surface area contributed by atoms with Crippen LogP contribution >= 0.6 is 0 Å². The molecule has 0 aliphatic carbocycles. The van der Waals surface area contributed by atoms with Gasteiger partial charge in [-0.05, 0) is 12.5 Å². The second-order valence-corrected chi connectivity index (χ2v) is 3.41. The average Bonchev–Trinajstić information content (AvgIpc) is 2.36. The smallest absolute Gasteiger partial charge is 0.339 e. The van der Waals surface area contributed by atoms with Crippen molar-refractivity contribution in [2.24, 2.45) is 0 Å². The van der Waals surface area contributed by atoms with E-state index in [0.29, 0.717) is 19.8 Å². The molecule has 0 N–H and O–H groups in total. The molecule has 4 nitrogen and oxygen atoms in total. The van der Waals surface area contributed by atoms with E-state index >= 15 is 0 Å². The maximum atomic E-state index is 11.7. The first-order valence-corrected chi connectivity index (χ1v) is 5.61. The molecule has 94 valence electrons. The molecule has 1 aromatic rings. The Labute approximate surface area is 101 Å². The van der Waals surface area contributed by atoms with Crippen LogP contribution in [0.2, 0.25) is 0 Å². The van der Waals surface area contributed by atoms with Crippen LogP contribution in [0, 0.1) is 0 Å². The summed E-state index contributed by atoms with van der Waals surface area (Å²) in [6.45, 7) is 2.92. The van der Waals surface area contributed by atoms with Crippen LogP contribution in [-0.4, -0.2) is 32.9 Å². The topological polar surface area (TPSA) is 44.8 Å². The zero-order valence-electron chi connectivity index (χ0n) is 10.2. The van der Waals surface area contributed by atoms with Crippen LogP contribution in [0.15, 0.2) is 30.3 Å². The molecule has 1 atom stereocenters. The van der Waals surface area contributed by atoms with Gasteiger partial charge < -0.3 is 14.2 Å². The minimum atomic E-state index is -0.675. The van der Waals surface area contributed by atoms with Crippen molar-refractivity contribution in [3.63, 3.8) is 0 Å². The number of benzene rings is 1. The summed E-state index contributed by atoms with van der Waals surface area (Å²) in [4.78, 5) is 11.7. The van der Waals surface area contributed by atoms with Crippen molar-refractivity contribution in [2.45, 2.75) is 13.0 Å². The highest BCUT2D eigenvalue weighted by atomic mass is 16.6. The van der Waals surface area contributed by atoms with Gasteiger partial charge in [-0.1, -0.05) is 30.3 Å². The van der Waals surface area contributed by atoms with Gasteiger partial charge in [0.2, 0.25) is 0 Å². The predicted molar refractivity (Wildman–Crippen MR) is 63.6 cm³/mol. The molecule has 0 saturated heterocycles. The van der Waals surface area contributed by atoms with Crippen LogP contribution < -0.4 is 0 Å². The number of methoxy groups -OCH3 is 1. The molecular weight excluding hydrogens is 220 g/mol. The van der Waals surface area contributed by atoms with E-state index in [1.807, 2.05) is 30.3 Å². The molecular formula is C13H18O4. The summed E-state index contributed by atoms with van der Waals surface area (Å²) in [5.74, 6) is -0.366. The molecule has 0 spiro atoms. The zero-order chi connectivity index (χ0) is 12.5. The Morgan fingerprint density at radius 2 is 1.94 bits per heavy atom. The van der Waals surface area contributed by atoms with Gasteiger partial charge in [0.15, 0.2) is 6.10 Å². The standard InChI is InChI=1S/C13H18O4/c1-3-16-13(14)12(17-10-9-15-2)11-7-5-4-6-8-11/h4-8,12H,3,9-10H2,1-2H3. The van der Waals surface area contributed by atoms with Gasteiger partial charge in [0, 0.05) is 7.11 Å². The summed E-state index contributed by atoms with van der Waals surface area (Å²) in [6.07, 6.45) is -0.675. The molecule has 0 saturated carbocycles. The van der Waals surface area contributed by atoms with Crippen LogP contribution in [0.3, 0.4) is 0 Å². The van der Waals surface area contributed by atoms with Crippen molar-refractivity contribution >= 4 is 5.97 Å². The highest BCUT2D eigenvalue weighted by Crippen LogP contribution is 2.18. The summed E-state index contributed by atoms with van der Waals surface area (Å²) >= 11 is 0. The molecule has 0 aliphatic rings. The Kier molecular flexibility index (Phi) is 6.29. The number of ether oxygens (including phenoxy) is 3. The monoisotopic (exact) mass is 238 g/mol. The van der Waals surface area contributed by atoms with E-state index in [9.17, 15) is 4.79 Å². The first-order chi connectivity index (χ1) is 8.29. The molecule has 0 amide bonds. The fraction of sp³-hybridized carbons (Fsp3) is 0.462. The summed E-state index contributed by atoms with van der Waals surface area (Å²) in [7, 11) is 1.59. The third kappa shape index (κ3) is 4.54. The Hall–Kier alpha value is -1.39. The van der Waals surface area contributed by atoms with Gasteiger partial charge in [-0.2, -0.15) is 0 Å². The minimum Gasteiger partial charge on any atom is -0.464 e. The van der Waals surface area contributed by atoms with Crippen LogP contribution in [-0.2, 0) is 19.0 Å². The normalized spacial score (nSPS) is 12.1. The first-order valence-electron chi connectivity index (χ1n) is 5.61. The average molecular weight is 238 g/mol. The van der Waals surface area contributed by atoms with E-state index in [0.717, 1.165) is 5.56 Å². The predicted octanol–water partition coefficient (Wildman–Crippen LogP) is 1.95. The SMILES string of the molecule is CCOC(=O)C(OCCOC)c1ccccc1. The van der Waals surface area contributed by atoms with E-state index < -0.39 is 6.10 Å². The molecule has 0 heterocycles. The quantitative estimate of drug-likeness (QED) is 0.538. The Morgan fingerprint density at radius 3 is 2.53 bits per heavy atom. The van der Waals surface area contributed by atoms with Gasteiger partial charge in [-0.15, -0.1) is 0 Å². The van der Waals surface area contributed by atoms with Crippen LogP contribution in [0.1, 0.15) is 18.6 Å². The minimum absolute atomic E-state index is 0.343. The fourth-order valence-corrected chi connectivity index (χ4v) is 1.40. The number of esters is 1. The molecule has 0 aliphatic heterocycles. The molecule has 1 rings (SSSR count). The number of rotatable bonds is 7. The summed E-state index contributed by atoms with van der Waals surface area (Å²) in [6, 6.07) is 9.30. The van der Waals surface area contributed by atoms with Gasteiger partial charge in [0.05, 0.1) is 19.8 Å². The van der Waals surface area contributed by atoms with Crippen LogP contribution in [0.5, 0.6) is 0 Å². The van der Waals surface area contributed by atoms with Crippen LogP contribution in [0.25, 0.3) is 0 Å². The van der Waals surface area contributed by atoms with Crippen molar-refractivity contribution < 1.29 is 19.0 Å². The molecule has 0 aromatic heterocycles. The van der Waals surface area contributed by atoms with Crippen molar-refractivity contribution in [2.75, 3.05) is 26.9 Å². The number of carbonyl (C=O) groups excluding carboxylic acids is 1. The van der Waals surface area contributed by atoms with E-state index in [2.05, 4.69) is 0 Å². The second kappa shape index (κ2) is 7.81. The highest BCUT2D eigenvalue weighted by molar-refractivity contribution is 5.76. The van der Waals surface area contributed by atoms with Gasteiger partial charge in [0.25, 0.3) is 0 Å². The van der Waals surface area contributed by atoms with Crippen molar-refractivity contribution in [3.05, 3.63) is 35.9 Å². The lowest BCUT2D eigenvalue weighted by molar-refractivity contribution is -0.158. The molecule has 17 heavy (non-hydrogen) atoms. The fourth-order valence-electron chi connectivity index (χ4n) is 1.40. The van der Waals surface area contributed by atoms with Gasteiger partial charge in [0.1, 0.15) is 0 Å². The number of carbonyl (C=O) groups is 1. The van der Waals surface area contributed by atoms with Gasteiger partial charge in [-0.3, -0.25) is 0 Å². The largest absolute Gasteiger partial charge is 0.464 e. The van der Waals surface area contributed by atoms with E-state index in [-0.39, 0.29) is 5.97 Å². The second-order valence-electron chi connectivity index (χ2n) is 3.41. The maximum absolute atomic E-state index is 11.7. The van der Waals surface area contributed by atoms with E-state index in [1.165, 1.54) is 0 Å². The molecule has 0 bridgehead atoms. The molecule has 1 unspecified atom stereocenters. The van der Waals surface area contributed by atoms with Crippen molar-refractivity contribution in [1.29, 1.82) is 0 Å². The highest BCUT2D eigenvalue weighted by Gasteiger charge is 2.22. The molecule has 0 fully saturated rings. The van der Waals surface area contributed by atoms with Crippen molar-refractivity contribution in [3.8, 4) is 0 Å². The lowest BCUT2D eigenvalue weighted by Crippen LogP contribution is -2.20. The lowest BCUT2D eigenvalue weighted by atomic mass is 10.1. The lowest BCUT2D eigenvalue weighted by Gasteiger charge is -2.16. The van der Waals surface area contributed by atoms with Gasteiger partial charge in [-0.25, -0.2) is 4.79 Å². The first kappa shape index (κ1) is 13.7. The number of hydrogen-bond acceptors (Lipinski definition) is 4. The zero-order valence-corrected chi connectivity index (χ0v) is 10.2. The molecule has 0 radical (unpaired) electrons. The third-order valence-electron chi connectivity index (χ3n) is 2.17. The molecule has 4 heteroatoms. The summed E-state index contributed by atoms with van der Waals surface area (Å²) in [5.41, 5.74) is 0.794. The Bertz CT molecular complexity index is 323. The van der Waals surface area contributed by atoms with Crippen molar-refractivity contribution in [1.82, 2.24) is 0 Å². The summed E-state index contributed by atoms with van der Waals surface area (Å²) in [5, 5.41) is 0. The Morgan fingerprint density at radius 1 is 1.24 bits per heavy atom. The van der Waals surface area contributed by atoms with Gasteiger partial charge >= 0.3 is 5.97 Å².